The zero-order valence-corrected chi connectivity index (χ0v) is 16.9. The van der Waals surface area contributed by atoms with Crippen LogP contribution in [0.2, 0.25) is 0 Å². The number of amides is 1. The van der Waals surface area contributed by atoms with Crippen LogP contribution in [0.1, 0.15) is 22.8 Å². The minimum atomic E-state index is -0.256. The molecule has 2 aromatic carbocycles. The van der Waals surface area contributed by atoms with Gasteiger partial charge in [-0.2, -0.15) is 5.26 Å². The first-order valence-corrected chi connectivity index (χ1v) is 10.2. The number of ketones is 1. The van der Waals surface area contributed by atoms with E-state index in [1.807, 2.05) is 0 Å². The summed E-state index contributed by atoms with van der Waals surface area (Å²) in [5, 5.41) is 13.5. The van der Waals surface area contributed by atoms with Gasteiger partial charge in [0.2, 0.25) is 5.91 Å². The molecule has 0 fully saturated rings. The van der Waals surface area contributed by atoms with Gasteiger partial charge in [-0.05, 0) is 31.2 Å². The topological polar surface area (TPSA) is 101 Å². The number of nitrogens with one attached hydrogen (secondary N) is 1. The SMILES string of the molecule is CC(=O)c1cccc(NC(=O)CSc2nc3cc4c(cc3cc2C#N)OCCO4)c1. The van der Waals surface area contributed by atoms with E-state index in [1.54, 1.807) is 42.5 Å². The van der Waals surface area contributed by atoms with Crippen molar-refractivity contribution < 1.29 is 19.1 Å². The number of hydrogen-bond donors (Lipinski definition) is 1. The smallest absolute Gasteiger partial charge is 0.234 e. The highest BCUT2D eigenvalue weighted by Gasteiger charge is 2.16. The molecule has 150 valence electrons. The molecule has 1 aromatic heterocycles. The van der Waals surface area contributed by atoms with Crippen LogP contribution in [0.15, 0.2) is 47.5 Å². The summed E-state index contributed by atoms with van der Waals surface area (Å²) in [4.78, 5) is 28.4. The number of nitriles is 1. The van der Waals surface area contributed by atoms with E-state index in [-0.39, 0.29) is 17.4 Å². The Bertz CT molecular complexity index is 1200. The number of carbonyl (C=O) groups excluding carboxylic acids is 2. The van der Waals surface area contributed by atoms with E-state index in [9.17, 15) is 14.9 Å². The van der Waals surface area contributed by atoms with Crippen molar-refractivity contribution in [3.05, 3.63) is 53.6 Å². The fraction of sp³-hybridized carbons (Fsp3) is 0.182. The van der Waals surface area contributed by atoms with Gasteiger partial charge in [-0.15, -0.1) is 0 Å². The van der Waals surface area contributed by atoms with Crippen molar-refractivity contribution in [2.45, 2.75) is 11.9 Å². The van der Waals surface area contributed by atoms with E-state index in [0.717, 1.165) is 5.39 Å². The molecule has 2 heterocycles. The molecule has 3 aromatic rings. The monoisotopic (exact) mass is 419 g/mol. The lowest BCUT2D eigenvalue weighted by Crippen LogP contribution is -2.15. The first-order valence-electron chi connectivity index (χ1n) is 9.21. The summed E-state index contributed by atoms with van der Waals surface area (Å²) in [5.41, 5.74) is 2.12. The third kappa shape index (κ3) is 4.21. The molecule has 0 atom stereocenters. The van der Waals surface area contributed by atoms with E-state index >= 15 is 0 Å². The summed E-state index contributed by atoms with van der Waals surface area (Å²) in [5.74, 6) is 0.990. The number of carbonyl (C=O) groups is 2. The van der Waals surface area contributed by atoms with Crippen LogP contribution in [0.5, 0.6) is 11.5 Å². The van der Waals surface area contributed by atoms with Crippen LogP contribution < -0.4 is 14.8 Å². The minimum Gasteiger partial charge on any atom is -0.486 e. The van der Waals surface area contributed by atoms with Crippen LogP contribution in [-0.2, 0) is 4.79 Å². The number of anilines is 1. The van der Waals surface area contributed by atoms with Gasteiger partial charge in [0.25, 0.3) is 0 Å². The van der Waals surface area contributed by atoms with Crippen LogP contribution in [0.25, 0.3) is 10.9 Å². The van der Waals surface area contributed by atoms with E-state index in [4.69, 9.17) is 9.47 Å². The van der Waals surface area contributed by atoms with Gasteiger partial charge >= 0.3 is 0 Å². The average Bonchev–Trinajstić information content (AvgIpc) is 2.75. The van der Waals surface area contributed by atoms with Crippen LogP contribution >= 0.6 is 11.8 Å². The quantitative estimate of drug-likeness (QED) is 0.496. The molecule has 0 aliphatic carbocycles. The first-order chi connectivity index (χ1) is 14.5. The van der Waals surface area contributed by atoms with Gasteiger partial charge in [0.05, 0.1) is 16.8 Å². The summed E-state index contributed by atoms with van der Waals surface area (Å²) in [6.07, 6.45) is 0. The highest BCUT2D eigenvalue weighted by molar-refractivity contribution is 8.00. The minimum absolute atomic E-state index is 0.0715. The maximum Gasteiger partial charge on any atom is 0.234 e. The summed E-state index contributed by atoms with van der Waals surface area (Å²) >= 11 is 1.18. The van der Waals surface area contributed by atoms with Gasteiger partial charge in [-0.25, -0.2) is 4.98 Å². The van der Waals surface area contributed by atoms with Gasteiger partial charge in [0.15, 0.2) is 17.3 Å². The number of pyridine rings is 1. The second kappa shape index (κ2) is 8.43. The zero-order valence-electron chi connectivity index (χ0n) is 16.1. The number of ether oxygens (including phenoxy) is 2. The number of thioether (sulfide) groups is 1. The number of benzene rings is 2. The van der Waals surface area contributed by atoms with Crippen molar-refractivity contribution in [3.63, 3.8) is 0 Å². The van der Waals surface area contributed by atoms with Crippen molar-refractivity contribution in [1.82, 2.24) is 4.98 Å². The predicted octanol–water partition coefficient (Wildman–Crippen LogP) is 3.81. The molecule has 0 unspecified atom stereocenters. The maximum atomic E-state index is 12.4. The number of hydrogen-bond acceptors (Lipinski definition) is 7. The van der Waals surface area contributed by atoms with Crippen LogP contribution in [0.4, 0.5) is 5.69 Å². The highest BCUT2D eigenvalue weighted by Crippen LogP contribution is 2.35. The first kappa shape index (κ1) is 19.7. The molecule has 1 aliphatic rings. The molecule has 7 nitrogen and oxygen atoms in total. The van der Waals surface area contributed by atoms with Gasteiger partial charge in [-0.1, -0.05) is 23.9 Å². The van der Waals surface area contributed by atoms with E-state index < -0.39 is 0 Å². The Morgan fingerprint density at radius 3 is 2.67 bits per heavy atom. The molecule has 1 amide bonds. The van der Waals surface area contributed by atoms with Gasteiger partial charge < -0.3 is 14.8 Å². The summed E-state index contributed by atoms with van der Waals surface area (Å²) < 4.78 is 11.2. The normalized spacial score (nSPS) is 12.3. The van der Waals surface area contributed by atoms with Gasteiger partial charge in [-0.3, -0.25) is 9.59 Å². The average molecular weight is 419 g/mol. The third-order valence-corrected chi connectivity index (χ3v) is 5.45. The Hall–Kier alpha value is -3.57. The number of nitrogens with zero attached hydrogens (tertiary/aromatic N) is 2. The van der Waals surface area contributed by atoms with Crippen molar-refractivity contribution in [2.24, 2.45) is 0 Å². The summed E-state index contributed by atoms with van der Waals surface area (Å²) in [6, 6.07) is 14.2. The predicted molar refractivity (Wildman–Crippen MR) is 113 cm³/mol. The van der Waals surface area contributed by atoms with Crippen LogP contribution in [0.3, 0.4) is 0 Å². The molecule has 0 saturated heterocycles. The number of rotatable bonds is 5. The van der Waals surface area contributed by atoms with Gasteiger partial charge in [0.1, 0.15) is 24.3 Å². The number of fused-ring (bicyclic) bond motifs is 2. The van der Waals surface area contributed by atoms with E-state index in [1.165, 1.54) is 18.7 Å². The maximum absolute atomic E-state index is 12.4. The Kier molecular flexibility index (Phi) is 5.55. The van der Waals surface area contributed by atoms with Crippen molar-refractivity contribution in [3.8, 4) is 17.6 Å². The Morgan fingerprint density at radius 2 is 1.93 bits per heavy atom. The van der Waals surface area contributed by atoms with Crippen LogP contribution in [0, 0.1) is 11.3 Å². The summed E-state index contributed by atoms with van der Waals surface area (Å²) in [6.45, 7) is 2.43. The molecule has 30 heavy (non-hydrogen) atoms. The molecular formula is C22H17N3O4S. The molecule has 8 heteroatoms. The number of Topliss-reactive ketones (excluding diaryl/α,β-unsaturated/α-hetero) is 1. The number of aromatic nitrogens is 1. The molecule has 0 spiro atoms. The fourth-order valence-electron chi connectivity index (χ4n) is 3.03. The lowest BCUT2D eigenvalue weighted by atomic mass is 10.1. The molecule has 0 saturated carbocycles. The van der Waals surface area contributed by atoms with Crippen molar-refractivity contribution in [1.29, 1.82) is 5.26 Å². The Balaban J connectivity index is 1.51. The third-order valence-electron chi connectivity index (χ3n) is 4.46. The molecular weight excluding hydrogens is 402 g/mol. The zero-order chi connectivity index (χ0) is 21.1. The molecule has 4 rings (SSSR count). The second-order valence-electron chi connectivity index (χ2n) is 6.62. The Morgan fingerprint density at radius 1 is 1.17 bits per heavy atom. The largest absolute Gasteiger partial charge is 0.486 e. The standard InChI is InChI=1S/C22H17N3O4S/c1-13(26)14-3-2-4-17(8-14)24-21(27)12-30-22-16(11-23)7-15-9-19-20(10-18(15)25-22)29-6-5-28-19/h2-4,7-10H,5-6,12H2,1H3,(H,24,27). The summed E-state index contributed by atoms with van der Waals surface area (Å²) in [7, 11) is 0. The van der Waals surface area contributed by atoms with E-state index in [0.29, 0.717) is 52.1 Å². The Labute approximate surface area is 177 Å². The van der Waals surface area contributed by atoms with Crippen LogP contribution in [-0.4, -0.2) is 35.6 Å². The molecule has 0 radical (unpaired) electrons. The molecule has 1 aliphatic heterocycles. The second-order valence-corrected chi connectivity index (χ2v) is 7.58. The lowest BCUT2D eigenvalue weighted by molar-refractivity contribution is -0.113. The highest BCUT2D eigenvalue weighted by atomic mass is 32.2. The fourth-order valence-corrected chi connectivity index (χ4v) is 3.79. The van der Waals surface area contributed by atoms with Crippen molar-refractivity contribution >= 4 is 40.0 Å². The molecule has 0 bridgehead atoms. The lowest BCUT2D eigenvalue weighted by Gasteiger charge is -2.18. The van der Waals surface area contributed by atoms with E-state index in [2.05, 4.69) is 16.4 Å². The van der Waals surface area contributed by atoms with Gasteiger partial charge in [0, 0.05) is 22.7 Å². The van der Waals surface area contributed by atoms with Crippen molar-refractivity contribution in [2.75, 3.05) is 24.3 Å². The molecule has 1 N–H and O–H groups in total.